The van der Waals surface area contributed by atoms with E-state index in [0.29, 0.717) is 23.8 Å². The smallest absolute Gasteiger partial charge is 0.231 e. The first-order valence-electron chi connectivity index (χ1n) is 9.88. The summed E-state index contributed by atoms with van der Waals surface area (Å²) in [4.78, 5) is 35.0. The van der Waals surface area contributed by atoms with E-state index in [9.17, 15) is 9.59 Å². The highest BCUT2D eigenvalue weighted by molar-refractivity contribution is 7.14. The number of hydrogen-bond acceptors (Lipinski definition) is 6. The summed E-state index contributed by atoms with van der Waals surface area (Å²) in [6.07, 6.45) is 0.579. The number of anilines is 1. The zero-order valence-corrected chi connectivity index (χ0v) is 18.4. The summed E-state index contributed by atoms with van der Waals surface area (Å²) in [7, 11) is 2.09. The summed E-state index contributed by atoms with van der Waals surface area (Å²) in [5.74, 6) is -0.0217. The molecule has 3 heterocycles. The summed E-state index contributed by atoms with van der Waals surface area (Å²) < 4.78 is 0. The van der Waals surface area contributed by atoms with Crippen LogP contribution in [0.15, 0.2) is 53.2 Å². The SMILES string of the molecule is CN1CCN(C(=O)Cc2csc(NC(=O)Cc3cccs3)n2)C(c2ccccc2)C1. The van der Waals surface area contributed by atoms with E-state index in [4.69, 9.17) is 0 Å². The molecule has 1 atom stereocenters. The number of nitrogens with zero attached hydrogens (tertiary/aromatic N) is 3. The number of thiazole rings is 1. The lowest BCUT2D eigenvalue weighted by atomic mass is 10.0. The average molecular weight is 441 g/mol. The average Bonchev–Trinajstić information content (AvgIpc) is 3.40. The number of carbonyl (C=O) groups is 2. The molecule has 0 bridgehead atoms. The van der Waals surface area contributed by atoms with Crippen LogP contribution < -0.4 is 5.32 Å². The maximum Gasteiger partial charge on any atom is 0.231 e. The summed E-state index contributed by atoms with van der Waals surface area (Å²) in [5, 5.41) is 7.19. The van der Waals surface area contributed by atoms with Gasteiger partial charge in [-0.25, -0.2) is 4.98 Å². The van der Waals surface area contributed by atoms with Crippen LogP contribution in [-0.2, 0) is 22.4 Å². The fraction of sp³-hybridized carbons (Fsp3) is 0.318. The van der Waals surface area contributed by atoms with Gasteiger partial charge in [0.2, 0.25) is 11.8 Å². The molecule has 2 aromatic heterocycles. The number of thiophene rings is 1. The van der Waals surface area contributed by atoms with Gasteiger partial charge in [0.1, 0.15) is 0 Å². The van der Waals surface area contributed by atoms with Crippen LogP contribution in [0, 0.1) is 0 Å². The van der Waals surface area contributed by atoms with Gasteiger partial charge in [0.25, 0.3) is 0 Å². The monoisotopic (exact) mass is 440 g/mol. The van der Waals surface area contributed by atoms with Crippen molar-refractivity contribution in [2.24, 2.45) is 0 Å². The first kappa shape index (κ1) is 20.7. The Morgan fingerprint density at radius 2 is 1.93 bits per heavy atom. The number of carbonyl (C=O) groups excluding carboxylic acids is 2. The fourth-order valence-corrected chi connectivity index (χ4v) is 5.05. The van der Waals surface area contributed by atoms with Crippen molar-refractivity contribution in [1.82, 2.24) is 14.8 Å². The van der Waals surface area contributed by atoms with Gasteiger partial charge in [-0.1, -0.05) is 36.4 Å². The van der Waals surface area contributed by atoms with Gasteiger partial charge in [0, 0.05) is 29.9 Å². The standard InChI is InChI=1S/C22H24N4O2S2/c1-25-9-10-26(19(14-25)16-6-3-2-4-7-16)21(28)12-17-15-30-22(23-17)24-20(27)13-18-8-5-11-29-18/h2-8,11,15,19H,9-10,12-14H2,1H3,(H,23,24,27). The number of benzene rings is 1. The quantitative estimate of drug-likeness (QED) is 0.638. The molecule has 8 heteroatoms. The van der Waals surface area contributed by atoms with E-state index in [1.807, 2.05) is 46.0 Å². The summed E-state index contributed by atoms with van der Waals surface area (Å²) in [5.41, 5.74) is 1.85. The lowest BCUT2D eigenvalue weighted by Crippen LogP contribution is -2.49. The van der Waals surface area contributed by atoms with E-state index in [2.05, 4.69) is 34.4 Å². The Morgan fingerprint density at radius 3 is 2.70 bits per heavy atom. The minimum absolute atomic E-state index is 0.0426. The van der Waals surface area contributed by atoms with E-state index in [-0.39, 0.29) is 24.3 Å². The highest BCUT2D eigenvalue weighted by atomic mass is 32.1. The second-order valence-corrected chi connectivity index (χ2v) is 9.29. The molecule has 1 N–H and O–H groups in total. The Kier molecular flexibility index (Phi) is 6.56. The van der Waals surface area contributed by atoms with Crippen LogP contribution in [0.4, 0.5) is 5.13 Å². The second-order valence-electron chi connectivity index (χ2n) is 7.40. The van der Waals surface area contributed by atoms with E-state index in [0.717, 1.165) is 23.5 Å². The fourth-order valence-electron chi connectivity index (χ4n) is 3.62. The van der Waals surface area contributed by atoms with Crippen molar-refractivity contribution >= 4 is 39.6 Å². The summed E-state index contributed by atoms with van der Waals surface area (Å²) in [6, 6.07) is 14.1. The predicted molar refractivity (Wildman–Crippen MR) is 121 cm³/mol. The third-order valence-electron chi connectivity index (χ3n) is 5.13. The van der Waals surface area contributed by atoms with Crippen LogP contribution in [0.3, 0.4) is 0 Å². The van der Waals surface area contributed by atoms with Crippen LogP contribution >= 0.6 is 22.7 Å². The van der Waals surface area contributed by atoms with Gasteiger partial charge in [-0.3, -0.25) is 9.59 Å². The molecular formula is C22H24N4O2S2. The Balaban J connectivity index is 1.39. The molecule has 30 heavy (non-hydrogen) atoms. The third-order valence-corrected chi connectivity index (χ3v) is 6.82. The van der Waals surface area contributed by atoms with Crippen molar-refractivity contribution in [2.75, 3.05) is 32.0 Å². The normalized spacial score (nSPS) is 17.1. The number of amides is 2. The van der Waals surface area contributed by atoms with Gasteiger partial charge in [-0.05, 0) is 24.1 Å². The Hall–Kier alpha value is -2.55. The molecule has 2 amide bonds. The minimum atomic E-state index is -0.0899. The van der Waals surface area contributed by atoms with E-state index in [1.165, 1.54) is 11.3 Å². The first-order chi connectivity index (χ1) is 14.6. The van der Waals surface area contributed by atoms with Gasteiger partial charge in [-0.15, -0.1) is 22.7 Å². The molecule has 1 fully saturated rings. The first-order valence-corrected chi connectivity index (χ1v) is 11.6. The maximum absolute atomic E-state index is 13.1. The highest BCUT2D eigenvalue weighted by Crippen LogP contribution is 2.26. The zero-order chi connectivity index (χ0) is 20.9. The molecule has 1 aliphatic rings. The van der Waals surface area contributed by atoms with E-state index < -0.39 is 0 Å². The highest BCUT2D eigenvalue weighted by Gasteiger charge is 2.30. The van der Waals surface area contributed by atoms with Crippen LogP contribution in [0.25, 0.3) is 0 Å². The maximum atomic E-state index is 13.1. The molecule has 1 saturated heterocycles. The van der Waals surface area contributed by atoms with Crippen LogP contribution in [0.1, 0.15) is 22.2 Å². The molecule has 0 saturated carbocycles. The third kappa shape index (κ3) is 5.13. The molecule has 4 rings (SSSR count). The molecule has 0 aliphatic carbocycles. The number of nitrogens with one attached hydrogen (secondary N) is 1. The van der Waals surface area contributed by atoms with Crippen molar-refractivity contribution in [1.29, 1.82) is 0 Å². The van der Waals surface area contributed by atoms with Gasteiger partial charge < -0.3 is 15.1 Å². The molecule has 1 aliphatic heterocycles. The lowest BCUT2D eigenvalue weighted by Gasteiger charge is -2.40. The molecule has 0 radical (unpaired) electrons. The number of aromatic nitrogens is 1. The van der Waals surface area contributed by atoms with Gasteiger partial charge >= 0.3 is 0 Å². The molecule has 156 valence electrons. The summed E-state index contributed by atoms with van der Waals surface area (Å²) in [6.45, 7) is 2.37. The molecular weight excluding hydrogens is 416 g/mol. The van der Waals surface area contributed by atoms with Crippen molar-refractivity contribution in [2.45, 2.75) is 18.9 Å². The Labute approximate surface area is 184 Å². The van der Waals surface area contributed by atoms with Gasteiger partial charge in [0.15, 0.2) is 5.13 Å². The topological polar surface area (TPSA) is 65.5 Å². The number of piperazine rings is 1. The number of hydrogen-bond donors (Lipinski definition) is 1. The largest absolute Gasteiger partial charge is 0.333 e. The van der Waals surface area contributed by atoms with Crippen LogP contribution in [0.5, 0.6) is 0 Å². The zero-order valence-electron chi connectivity index (χ0n) is 16.8. The molecule has 3 aromatic rings. The number of rotatable bonds is 6. The summed E-state index contributed by atoms with van der Waals surface area (Å²) >= 11 is 2.92. The van der Waals surface area contributed by atoms with Crippen molar-refractivity contribution in [3.63, 3.8) is 0 Å². The Morgan fingerprint density at radius 1 is 1.10 bits per heavy atom. The van der Waals surface area contributed by atoms with Crippen LogP contribution in [0.2, 0.25) is 0 Å². The van der Waals surface area contributed by atoms with Crippen molar-refractivity contribution in [3.05, 3.63) is 69.4 Å². The number of likely N-dealkylation sites (N-methyl/N-ethyl adjacent to an activating group) is 1. The Bertz CT molecular complexity index is 988. The van der Waals surface area contributed by atoms with Gasteiger partial charge in [0.05, 0.1) is 24.6 Å². The molecule has 1 unspecified atom stereocenters. The molecule has 0 spiro atoms. The predicted octanol–water partition coefficient (Wildman–Crippen LogP) is 3.44. The van der Waals surface area contributed by atoms with E-state index >= 15 is 0 Å². The second kappa shape index (κ2) is 9.51. The lowest BCUT2D eigenvalue weighted by molar-refractivity contribution is -0.135. The van der Waals surface area contributed by atoms with Crippen molar-refractivity contribution in [3.8, 4) is 0 Å². The molecule has 6 nitrogen and oxygen atoms in total. The minimum Gasteiger partial charge on any atom is -0.333 e. The van der Waals surface area contributed by atoms with E-state index in [1.54, 1.807) is 11.3 Å². The van der Waals surface area contributed by atoms with Crippen molar-refractivity contribution < 1.29 is 9.59 Å². The van der Waals surface area contributed by atoms with Crippen LogP contribution in [-0.4, -0.2) is 53.3 Å². The van der Waals surface area contributed by atoms with Gasteiger partial charge in [-0.2, -0.15) is 0 Å². The molecule has 1 aromatic carbocycles.